The average Bonchev–Trinajstić information content (AvgIpc) is 1.67. The van der Waals surface area contributed by atoms with Gasteiger partial charge in [0.15, 0.2) is 6.02 Å². The molecule has 0 aromatic rings. The number of aliphatic carboxylic acids is 1. The number of hydrogen-bond donors (Lipinski definition) is 1. The quantitative estimate of drug-likeness (QED) is 0.537. The van der Waals surface area contributed by atoms with Gasteiger partial charge in [-0.1, -0.05) is 0 Å². The smallest absolute Gasteiger partial charge is 0.325 e. The van der Waals surface area contributed by atoms with Gasteiger partial charge in [-0.15, -0.1) is 4.48 Å². The van der Waals surface area contributed by atoms with Crippen LogP contribution in [-0.2, 0) is 4.79 Å². The first-order chi connectivity index (χ1) is 3.50. The largest absolute Gasteiger partial charge is 0.480 e. The summed E-state index contributed by atoms with van der Waals surface area (Å²) < 4.78 is 17.6. The predicted octanol–water partition coefficient (Wildman–Crippen LogP) is -0.0516. The van der Waals surface area contributed by atoms with Crippen molar-refractivity contribution < 1.29 is 15.8 Å². The Morgan fingerprint density at radius 2 is 2.71 bits per heavy atom. The fourth-order valence-electron chi connectivity index (χ4n) is 0.0361. The van der Waals surface area contributed by atoms with Gasteiger partial charge in [0, 0.05) is 0 Å². The molecular weight excluding hydrogens is 101 g/mol. The zero-order valence-electron chi connectivity index (χ0n) is 4.68. The number of carboxylic acid groups (broad SMARTS) is 1. The number of rotatable bonds is 2. The topological polar surface area (TPSA) is 51.4 Å². The minimum atomic E-state index is -2.33. The van der Waals surface area contributed by atoms with Gasteiger partial charge in [-0.3, -0.25) is 4.79 Å². The second-order valence-electron chi connectivity index (χ2n) is 0.975. The first kappa shape index (κ1) is 4.52. The Kier molecular flexibility index (Phi) is 1.63. The van der Waals surface area contributed by atoms with Crippen molar-refractivity contribution >= 4 is 5.97 Å². The van der Waals surface area contributed by atoms with Crippen LogP contribution in [0.2, 0.25) is 0 Å². The van der Waals surface area contributed by atoms with E-state index in [1.807, 2.05) is 0 Å². The highest BCUT2D eigenvalue weighted by atomic mass is 19.2. The lowest BCUT2D eigenvalue weighted by molar-refractivity contribution is -0.140. The standard InChI is InChI=1S/C3H5FNO2/c1-2(5-4)3(6)7/h2H,1H3,(H,6,7)/t2-/m0/s1/i2D. The zero-order valence-corrected chi connectivity index (χ0v) is 3.68. The van der Waals surface area contributed by atoms with E-state index in [1.165, 1.54) is 0 Å². The molecule has 0 aromatic carbocycles. The molecule has 0 aliphatic rings. The molecule has 4 heteroatoms. The van der Waals surface area contributed by atoms with Gasteiger partial charge < -0.3 is 5.11 Å². The molecule has 0 bridgehead atoms. The van der Waals surface area contributed by atoms with Crippen molar-refractivity contribution in [3.63, 3.8) is 0 Å². The Morgan fingerprint density at radius 1 is 2.29 bits per heavy atom. The summed E-state index contributed by atoms with van der Waals surface area (Å²) in [6, 6.07) is -2.33. The summed E-state index contributed by atoms with van der Waals surface area (Å²) in [5.74, 6) is -1.60. The molecule has 0 fully saturated rings. The summed E-state index contributed by atoms with van der Waals surface area (Å²) in [6.07, 6.45) is 0. The Morgan fingerprint density at radius 3 is 2.71 bits per heavy atom. The van der Waals surface area contributed by atoms with E-state index in [2.05, 4.69) is 0 Å². The van der Waals surface area contributed by atoms with E-state index in [1.54, 1.807) is 5.54 Å². The highest BCUT2D eigenvalue weighted by molar-refractivity contribution is 5.72. The van der Waals surface area contributed by atoms with Crippen molar-refractivity contribution in [1.82, 2.24) is 5.54 Å². The van der Waals surface area contributed by atoms with Crippen LogP contribution in [0.3, 0.4) is 0 Å². The minimum Gasteiger partial charge on any atom is -0.480 e. The predicted molar refractivity (Wildman–Crippen MR) is 20.3 cm³/mol. The highest BCUT2D eigenvalue weighted by Crippen LogP contribution is 1.80. The van der Waals surface area contributed by atoms with Crippen molar-refractivity contribution in [2.45, 2.75) is 12.9 Å². The molecule has 1 N–H and O–H groups in total. The summed E-state index contributed by atoms with van der Waals surface area (Å²) in [7, 11) is 0. The van der Waals surface area contributed by atoms with Gasteiger partial charge in [-0.05, 0) is 12.5 Å². The van der Waals surface area contributed by atoms with Crippen molar-refractivity contribution in [2.24, 2.45) is 0 Å². The Balaban J connectivity index is 3.91. The lowest BCUT2D eigenvalue weighted by Crippen LogP contribution is -2.22. The molecule has 7 heavy (non-hydrogen) atoms. The maximum absolute atomic E-state index is 11.1. The van der Waals surface area contributed by atoms with Gasteiger partial charge in [-0.2, -0.15) is 0 Å². The lowest BCUT2D eigenvalue weighted by Gasteiger charge is -1.92. The third kappa shape index (κ3) is 2.11. The van der Waals surface area contributed by atoms with Crippen LogP contribution < -0.4 is 5.54 Å². The normalized spacial score (nSPS) is 20.0. The molecule has 0 unspecified atom stereocenters. The van der Waals surface area contributed by atoms with E-state index in [0.29, 0.717) is 0 Å². The molecule has 0 aliphatic heterocycles. The molecule has 0 heterocycles. The molecule has 0 aliphatic carbocycles. The summed E-state index contributed by atoms with van der Waals surface area (Å²) >= 11 is 0. The van der Waals surface area contributed by atoms with E-state index in [9.17, 15) is 9.28 Å². The molecule has 0 amide bonds. The summed E-state index contributed by atoms with van der Waals surface area (Å²) in [4.78, 5) is 9.73. The van der Waals surface area contributed by atoms with Gasteiger partial charge in [0.25, 0.3) is 0 Å². The van der Waals surface area contributed by atoms with Crippen LogP contribution in [-0.4, -0.2) is 17.1 Å². The highest BCUT2D eigenvalue weighted by Gasteiger charge is 2.09. The Hall–Kier alpha value is -0.640. The summed E-state index contributed by atoms with van der Waals surface area (Å²) in [5, 5.41) is 7.92. The number of carboxylic acids is 1. The molecule has 1 atom stereocenters. The van der Waals surface area contributed by atoms with Gasteiger partial charge in [0.2, 0.25) is 0 Å². The number of nitrogens with zero attached hydrogens (tertiary/aromatic N) is 1. The van der Waals surface area contributed by atoms with Crippen LogP contribution >= 0.6 is 0 Å². The van der Waals surface area contributed by atoms with Crippen LogP contribution in [0.4, 0.5) is 4.48 Å². The molecular formula is C3H5FNO2. The molecule has 0 saturated heterocycles. The van der Waals surface area contributed by atoms with E-state index in [4.69, 9.17) is 6.48 Å². The molecule has 0 rings (SSSR count). The van der Waals surface area contributed by atoms with E-state index in [0.717, 1.165) is 6.92 Å². The Bertz CT molecular complexity index is 105. The average molecular weight is 107 g/mol. The molecule has 0 saturated carbocycles. The molecule has 0 aromatic heterocycles. The monoisotopic (exact) mass is 107 g/mol. The van der Waals surface area contributed by atoms with Crippen molar-refractivity contribution in [3.8, 4) is 0 Å². The number of carbonyl (C=O) groups is 1. The summed E-state index contributed by atoms with van der Waals surface area (Å²) in [6.45, 7) is 0.843. The SMILES string of the molecule is [2H][C@@](C)([N]F)C(=O)O. The van der Waals surface area contributed by atoms with Gasteiger partial charge in [0.1, 0.15) is 0 Å². The molecule has 0 spiro atoms. The van der Waals surface area contributed by atoms with Gasteiger partial charge >= 0.3 is 5.97 Å². The Labute approximate surface area is 41.5 Å². The van der Waals surface area contributed by atoms with Crippen molar-refractivity contribution in [3.05, 3.63) is 0 Å². The molecule has 41 valence electrons. The van der Waals surface area contributed by atoms with E-state index in [-0.39, 0.29) is 0 Å². The van der Waals surface area contributed by atoms with Gasteiger partial charge in [-0.25, -0.2) is 0 Å². The fourth-order valence-corrected chi connectivity index (χ4v) is 0.0361. The van der Waals surface area contributed by atoms with E-state index < -0.39 is 12.0 Å². The van der Waals surface area contributed by atoms with Crippen molar-refractivity contribution in [1.29, 1.82) is 0 Å². The van der Waals surface area contributed by atoms with Crippen molar-refractivity contribution in [2.75, 3.05) is 0 Å². The second kappa shape index (κ2) is 2.52. The van der Waals surface area contributed by atoms with Crippen LogP contribution in [0.5, 0.6) is 0 Å². The molecule has 3 nitrogen and oxygen atoms in total. The van der Waals surface area contributed by atoms with Crippen LogP contribution in [0.25, 0.3) is 0 Å². The first-order valence-corrected chi connectivity index (χ1v) is 1.57. The second-order valence-corrected chi connectivity index (χ2v) is 0.975. The molecule has 1 radical (unpaired) electrons. The van der Waals surface area contributed by atoms with Gasteiger partial charge in [0.05, 0.1) is 1.37 Å². The van der Waals surface area contributed by atoms with Crippen LogP contribution in [0, 0.1) is 0 Å². The van der Waals surface area contributed by atoms with Crippen LogP contribution in [0.1, 0.15) is 8.29 Å². The minimum absolute atomic E-state index is 0.843. The third-order valence-electron chi connectivity index (χ3n) is 0.436. The zero-order chi connectivity index (χ0) is 6.78. The van der Waals surface area contributed by atoms with Crippen LogP contribution in [0.15, 0.2) is 0 Å². The third-order valence-corrected chi connectivity index (χ3v) is 0.436. The number of halogens is 1. The lowest BCUT2D eigenvalue weighted by atomic mass is 10.4. The number of hydrogen-bond acceptors (Lipinski definition) is 1. The summed E-state index contributed by atoms with van der Waals surface area (Å²) in [5.41, 5.74) is 1.79. The first-order valence-electron chi connectivity index (χ1n) is 2.07. The maximum atomic E-state index is 11.1. The fraction of sp³-hybridized carbons (Fsp3) is 0.667. The maximum Gasteiger partial charge on any atom is 0.325 e. The van der Waals surface area contributed by atoms with E-state index >= 15 is 0 Å².